The molecule has 1 aliphatic heterocycles. The largest absolute Gasteiger partial charge is 0.378 e. The number of alkyl halides is 1. The number of hydrogen-bond donors (Lipinski definition) is 1. The fourth-order valence-corrected chi connectivity index (χ4v) is 2.24. The van der Waals surface area contributed by atoms with E-state index in [1.807, 2.05) is 12.1 Å². The molecule has 0 aliphatic carbocycles. The SMILES string of the molecule is O=C(NCCC1CCCO1)c1ccc(CCl)cc1. The second-order valence-electron chi connectivity index (χ2n) is 4.51. The molecule has 1 fully saturated rings. The van der Waals surface area contributed by atoms with Crippen LogP contribution in [0.3, 0.4) is 0 Å². The molecule has 0 bridgehead atoms. The quantitative estimate of drug-likeness (QED) is 0.833. The van der Waals surface area contributed by atoms with E-state index in [-0.39, 0.29) is 5.91 Å². The fraction of sp³-hybridized carbons (Fsp3) is 0.500. The van der Waals surface area contributed by atoms with Crippen LogP contribution in [0.1, 0.15) is 35.2 Å². The van der Waals surface area contributed by atoms with E-state index in [1.54, 1.807) is 12.1 Å². The first kappa shape index (κ1) is 13.4. The number of carbonyl (C=O) groups excluding carboxylic acids is 1. The molecule has 1 saturated heterocycles. The molecule has 0 spiro atoms. The molecule has 0 saturated carbocycles. The van der Waals surface area contributed by atoms with Crippen LogP contribution in [0.4, 0.5) is 0 Å². The third-order valence-corrected chi connectivity index (χ3v) is 3.45. The molecular weight excluding hydrogens is 250 g/mol. The Morgan fingerprint density at radius 3 is 2.78 bits per heavy atom. The molecular formula is C14H18ClNO2. The predicted molar refractivity (Wildman–Crippen MR) is 71.9 cm³/mol. The van der Waals surface area contributed by atoms with E-state index < -0.39 is 0 Å². The average molecular weight is 268 g/mol. The first-order chi connectivity index (χ1) is 8.79. The highest BCUT2D eigenvalue weighted by molar-refractivity contribution is 6.17. The summed E-state index contributed by atoms with van der Waals surface area (Å²) >= 11 is 5.70. The van der Waals surface area contributed by atoms with Crippen LogP contribution in [0, 0.1) is 0 Å². The van der Waals surface area contributed by atoms with Gasteiger partial charge in [0, 0.05) is 24.6 Å². The molecule has 3 nitrogen and oxygen atoms in total. The van der Waals surface area contributed by atoms with Crippen LogP contribution in [0.15, 0.2) is 24.3 Å². The molecule has 0 radical (unpaired) electrons. The van der Waals surface area contributed by atoms with Gasteiger partial charge >= 0.3 is 0 Å². The third kappa shape index (κ3) is 3.72. The summed E-state index contributed by atoms with van der Waals surface area (Å²) in [4.78, 5) is 11.8. The van der Waals surface area contributed by atoms with Crippen LogP contribution in [0.5, 0.6) is 0 Å². The molecule has 18 heavy (non-hydrogen) atoms. The molecule has 2 rings (SSSR count). The van der Waals surface area contributed by atoms with E-state index >= 15 is 0 Å². The summed E-state index contributed by atoms with van der Waals surface area (Å²) < 4.78 is 5.50. The predicted octanol–water partition coefficient (Wildman–Crippen LogP) is 2.72. The fourth-order valence-electron chi connectivity index (χ4n) is 2.07. The highest BCUT2D eigenvalue weighted by atomic mass is 35.5. The average Bonchev–Trinajstić information content (AvgIpc) is 2.92. The zero-order chi connectivity index (χ0) is 12.8. The van der Waals surface area contributed by atoms with Gasteiger partial charge in [0.05, 0.1) is 6.10 Å². The van der Waals surface area contributed by atoms with Crippen LogP contribution in [-0.4, -0.2) is 25.2 Å². The van der Waals surface area contributed by atoms with Gasteiger partial charge in [-0.25, -0.2) is 0 Å². The second kappa shape index (κ2) is 6.76. The van der Waals surface area contributed by atoms with Gasteiger partial charge < -0.3 is 10.1 Å². The van der Waals surface area contributed by atoms with E-state index in [0.717, 1.165) is 31.4 Å². The Hall–Kier alpha value is -1.06. The van der Waals surface area contributed by atoms with Gasteiger partial charge in [-0.1, -0.05) is 12.1 Å². The number of ether oxygens (including phenoxy) is 1. The second-order valence-corrected chi connectivity index (χ2v) is 4.78. The molecule has 1 aromatic carbocycles. The molecule has 0 aromatic heterocycles. The Morgan fingerprint density at radius 2 is 2.17 bits per heavy atom. The topological polar surface area (TPSA) is 38.3 Å². The number of carbonyl (C=O) groups is 1. The minimum atomic E-state index is -0.0332. The van der Waals surface area contributed by atoms with Crippen molar-refractivity contribution in [3.63, 3.8) is 0 Å². The molecule has 1 unspecified atom stereocenters. The van der Waals surface area contributed by atoms with Gasteiger partial charge in [-0.3, -0.25) is 4.79 Å². The molecule has 1 aliphatic rings. The normalized spacial score (nSPS) is 18.8. The Kier molecular flexibility index (Phi) is 5.02. The maximum absolute atomic E-state index is 11.8. The van der Waals surface area contributed by atoms with Crippen molar-refractivity contribution < 1.29 is 9.53 Å². The van der Waals surface area contributed by atoms with Crippen molar-refractivity contribution in [2.45, 2.75) is 31.2 Å². The van der Waals surface area contributed by atoms with E-state index in [2.05, 4.69) is 5.32 Å². The molecule has 1 aromatic rings. The lowest BCUT2D eigenvalue weighted by Gasteiger charge is -2.10. The Balaban J connectivity index is 1.76. The number of nitrogens with one attached hydrogen (secondary N) is 1. The van der Waals surface area contributed by atoms with Crippen molar-refractivity contribution in [3.8, 4) is 0 Å². The standard InChI is InChI=1S/C14H18ClNO2/c15-10-11-3-5-12(6-4-11)14(17)16-8-7-13-2-1-9-18-13/h3-6,13H,1-2,7-10H2,(H,16,17). The minimum Gasteiger partial charge on any atom is -0.378 e. The van der Waals surface area contributed by atoms with Gasteiger partial charge in [0.2, 0.25) is 0 Å². The van der Waals surface area contributed by atoms with E-state index in [1.165, 1.54) is 0 Å². The molecule has 1 N–H and O–H groups in total. The van der Waals surface area contributed by atoms with Crippen LogP contribution in [0.2, 0.25) is 0 Å². The molecule has 1 heterocycles. The maximum Gasteiger partial charge on any atom is 0.251 e. The first-order valence-electron chi connectivity index (χ1n) is 6.34. The lowest BCUT2D eigenvalue weighted by molar-refractivity contribution is 0.0907. The van der Waals surface area contributed by atoms with Crippen molar-refractivity contribution in [2.75, 3.05) is 13.2 Å². The zero-order valence-corrected chi connectivity index (χ0v) is 11.1. The number of hydrogen-bond acceptors (Lipinski definition) is 2. The molecule has 4 heteroatoms. The lowest BCUT2D eigenvalue weighted by Crippen LogP contribution is -2.26. The van der Waals surface area contributed by atoms with Gasteiger partial charge in [-0.2, -0.15) is 0 Å². The number of rotatable bonds is 5. The van der Waals surface area contributed by atoms with Crippen LogP contribution in [-0.2, 0) is 10.6 Å². The number of halogens is 1. The highest BCUT2D eigenvalue weighted by Gasteiger charge is 2.15. The minimum absolute atomic E-state index is 0.0332. The molecule has 98 valence electrons. The Bertz CT molecular complexity index is 385. The molecule has 1 amide bonds. The summed E-state index contributed by atoms with van der Waals surface area (Å²) in [7, 11) is 0. The van der Waals surface area contributed by atoms with Gasteiger partial charge in [-0.15, -0.1) is 11.6 Å². The first-order valence-corrected chi connectivity index (χ1v) is 6.88. The van der Waals surface area contributed by atoms with Crippen LogP contribution in [0.25, 0.3) is 0 Å². The van der Waals surface area contributed by atoms with Gasteiger partial charge in [-0.05, 0) is 37.0 Å². The van der Waals surface area contributed by atoms with Crippen LogP contribution >= 0.6 is 11.6 Å². The summed E-state index contributed by atoms with van der Waals surface area (Å²) in [6.07, 6.45) is 3.47. The summed E-state index contributed by atoms with van der Waals surface area (Å²) in [6.45, 7) is 1.53. The third-order valence-electron chi connectivity index (χ3n) is 3.15. The van der Waals surface area contributed by atoms with Crippen molar-refractivity contribution in [2.24, 2.45) is 0 Å². The van der Waals surface area contributed by atoms with Gasteiger partial charge in [0.15, 0.2) is 0 Å². The van der Waals surface area contributed by atoms with E-state index in [9.17, 15) is 4.79 Å². The number of amides is 1. The van der Waals surface area contributed by atoms with Gasteiger partial charge in [0.1, 0.15) is 0 Å². The van der Waals surface area contributed by atoms with E-state index in [0.29, 0.717) is 24.1 Å². The smallest absolute Gasteiger partial charge is 0.251 e. The Labute approximate surface area is 112 Å². The molecule has 1 atom stereocenters. The zero-order valence-electron chi connectivity index (χ0n) is 10.3. The van der Waals surface area contributed by atoms with Crippen molar-refractivity contribution in [3.05, 3.63) is 35.4 Å². The van der Waals surface area contributed by atoms with Crippen LogP contribution < -0.4 is 5.32 Å². The summed E-state index contributed by atoms with van der Waals surface area (Å²) in [5.74, 6) is 0.440. The van der Waals surface area contributed by atoms with Crippen molar-refractivity contribution >= 4 is 17.5 Å². The van der Waals surface area contributed by atoms with Crippen molar-refractivity contribution in [1.82, 2.24) is 5.32 Å². The summed E-state index contributed by atoms with van der Waals surface area (Å²) in [5, 5.41) is 2.91. The Morgan fingerprint density at radius 1 is 1.39 bits per heavy atom. The highest BCUT2D eigenvalue weighted by Crippen LogP contribution is 2.14. The monoisotopic (exact) mass is 267 g/mol. The maximum atomic E-state index is 11.8. The lowest BCUT2D eigenvalue weighted by atomic mass is 10.1. The summed E-state index contributed by atoms with van der Waals surface area (Å²) in [5.41, 5.74) is 1.70. The van der Waals surface area contributed by atoms with Crippen molar-refractivity contribution in [1.29, 1.82) is 0 Å². The summed E-state index contributed by atoms with van der Waals surface area (Å²) in [6, 6.07) is 7.36. The van der Waals surface area contributed by atoms with Gasteiger partial charge in [0.25, 0.3) is 5.91 Å². The number of benzene rings is 1. The van der Waals surface area contributed by atoms with E-state index in [4.69, 9.17) is 16.3 Å².